The van der Waals surface area contributed by atoms with Gasteiger partial charge in [-0.2, -0.15) is 4.31 Å². The number of amides is 1. The van der Waals surface area contributed by atoms with E-state index < -0.39 is 10.0 Å². The normalized spacial score (nSPS) is 15.4. The first-order valence-corrected chi connectivity index (χ1v) is 12.6. The summed E-state index contributed by atoms with van der Waals surface area (Å²) in [7, 11) is -3.52. The van der Waals surface area contributed by atoms with Crippen molar-refractivity contribution in [2.45, 2.75) is 43.7 Å². The molecule has 1 saturated heterocycles. The van der Waals surface area contributed by atoms with Gasteiger partial charge in [0.2, 0.25) is 15.9 Å². The highest BCUT2D eigenvalue weighted by molar-refractivity contribution is 7.89. The highest BCUT2D eigenvalue weighted by Gasteiger charge is 2.25. The Kier molecular flexibility index (Phi) is 7.64. The number of sulfonamides is 1. The van der Waals surface area contributed by atoms with Gasteiger partial charge in [0, 0.05) is 18.8 Å². The van der Waals surface area contributed by atoms with E-state index in [0.717, 1.165) is 37.2 Å². The maximum absolute atomic E-state index is 12.9. The molecule has 0 saturated carbocycles. The highest BCUT2D eigenvalue weighted by Crippen LogP contribution is 2.22. The van der Waals surface area contributed by atoms with Crippen molar-refractivity contribution in [3.8, 4) is 0 Å². The minimum Gasteiger partial charge on any atom is -0.468 e. The molecule has 0 radical (unpaired) electrons. The summed E-state index contributed by atoms with van der Waals surface area (Å²) in [4.78, 5) is 14.9. The quantitative estimate of drug-likeness (QED) is 0.505. The predicted molar refractivity (Wildman–Crippen MR) is 124 cm³/mol. The predicted octanol–water partition coefficient (Wildman–Crippen LogP) is 4.08. The third-order valence-corrected chi connectivity index (χ3v) is 7.54. The molecule has 0 spiro atoms. The van der Waals surface area contributed by atoms with Crippen molar-refractivity contribution in [2.75, 3.05) is 25.0 Å². The molecule has 9 heteroatoms. The lowest BCUT2D eigenvalue weighted by Gasteiger charge is -2.20. The van der Waals surface area contributed by atoms with Crippen LogP contribution < -0.4 is 5.32 Å². The first-order chi connectivity index (χ1) is 16.0. The molecule has 1 aliphatic rings. The maximum Gasteiger partial charge on any atom is 0.243 e. The Bertz CT molecular complexity index is 1070. The lowest BCUT2D eigenvalue weighted by Crippen LogP contribution is -2.32. The van der Waals surface area contributed by atoms with Crippen molar-refractivity contribution >= 4 is 21.6 Å². The van der Waals surface area contributed by atoms with E-state index in [9.17, 15) is 13.2 Å². The summed E-state index contributed by atoms with van der Waals surface area (Å²) < 4.78 is 38.3. The number of nitrogens with zero attached hydrogens (tertiary/aromatic N) is 2. The summed E-state index contributed by atoms with van der Waals surface area (Å²) in [6.07, 6.45) is 7.10. The zero-order chi connectivity index (χ0) is 23.1. The molecule has 33 heavy (non-hydrogen) atoms. The van der Waals surface area contributed by atoms with E-state index in [2.05, 4.69) is 5.32 Å². The molecule has 1 fully saturated rings. The Hall–Kier alpha value is -2.88. The van der Waals surface area contributed by atoms with Gasteiger partial charge in [0.1, 0.15) is 11.5 Å². The molecule has 4 rings (SSSR count). The molecule has 1 aromatic carbocycles. The highest BCUT2D eigenvalue weighted by atomic mass is 32.2. The largest absolute Gasteiger partial charge is 0.468 e. The second-order valence-corrected chi connectivity index (χ2v) is 10.1. The molecule has 1 N–H and O–H groups in total. The number of carbonyl (C=O) groups excluding carboxylic acids is 1. The van der Waals surface area contributed by atoms with Crippen molar-refractivity contribution < 1.29 is 22.0 Å². The number of carbonyl (C=O) groups is 1. The van der Waals surface area contributed by atoms with Gasteiger partial charge in [-0.25, -0.2) is 8.42 Å². The maximum atomic E-state index is 12.9. The van der Waals surface area contributed by atoms with E-state index in [4.69, 9.17) is 8.83 Å². The summed E-state index contributed by atoms with van der Waals surface area (Å²) in [6, 6.07) is 13.7. The lowest BCUT2D eigenvalue weighted by molar-refractivity contribution is -0.117. The number of furan rings is 2. The van der Waals surface area contributed by atoms with E-state index in [1.54, 1.807) is 41.1 Å². The number of hydrogen-bond donors (Lipinski definition) is 1. The number of hydrogen-bond acceptors (Lipinski definition) is 6. The topological polar surface area (TPSA) is 96.0 Å². The first kappa shape index (κ1) is 23.3. The zero-order valence-corrected chi connectivity index (χ0v) is 19.3. The molecule has 0 atom stereocenters. The van der Waals surface area contributed by atoms with Crippen LogP contribution in [0.2, 0.25) is 0 Å². The van der Waals surface area contributed by atoms with Gasteiger partial charge < -0.3 is 14.2 Å². The first-order valence-electron chi connectivity index (χ1n) is 11.2. The summed E-state index contributed by atoms with van der Waals surface area (Å²) >= 11 is 0. The average Bonchev–Trinajstić information content (AvgIpc) is 3.42. The third kappa shape index (κ3) is 6.34. The van der Waals surface area contributed by atoms with Crippen LogP contribution in [-0.2, 0) is 27.9 Å². The molecule has 3 aromatic rings. The van der Waals surface area contributed by atoms with Crippen molar-refractivity contribution in [1.29, 1.82) is 0 Å². The molecule has 1 amide bonds. The summed E-state index contributed by atoms with van der Waals surface area (Å²) in [5.74, 6) is 1.28. The van der Waals surface area contributed by atoms with Gasteiger partial charge in [0.15, 0.2) is 0 Å². The van der Waals surface area contributed by atoms with Crippen molar-refractivity contribution in [3.63, 3.8) is 0 Å². The molecular weight excluding hydrogens is 442 g/mol. The molecule has 0 bridgehead atoms. The summed E-state index contributed by atoms with van der Waals surface area (Å²) in [5, 5.41) is 2.85. The minimum absolute atomic E-state index is 0.120. The molecule has 3 heterocycles. The van der Waals surface area contributed by atoms with Gasteiger partial charge in [-0.1, -0.05) is 12.8 Å². The SMILES string of the molecule is O=C(CN(Cc1ccco1)Cc1ccco1)Nc1ccc(S(=O)(=O)N2CCCCCC2)cc1. The van der Waals surface area contributed by atoms with Crippen LogP contribution in [0.5, 0.6) is 0 Å². The van der Waals surface area contributed by atoms with Crippen LogP contribution in [-0.4, -0.2) is 43.2 Å². The molecule has 176 valence electrons. The van der Waals surface area contributed by atoms with Crippen LogP contribution in [0.1, 0.15) is 37.2 Å². The fourth-order valence-electron chi connectivity index (χ4n) is 3.96. The van der Waals surface area contributed by atoms with E-state index in [1.165, 1.54) is 0 Å². The third-order valence-electron chi connectivity index (χ3n) is 5.63. The fraction of sp³-hybridized carbons (Fsp3) is 0.375. The molecule has 0 aliphatic carbocycles. The van der Waals surface area contributed by atoms with Gasteiger partial charge in [-0.05, 0) is 61.4 Å². The summed E-state index contributed by atoms with van der Waals surface area (Å²) in [6.45, 7) is 2.14. The van der Waals surface area contributed by atoms with Crippen LogP contribution >= 0.6 is 0 Å². The van der Waals surface area contributed by atoms with Crippen LogP contribution in [0.15, 0.2) is 74.8 Å². The second kappa shape index (κ2) is 10.8. The van der Waals surface area contributed by atoms with E-state index in [1.807, 2.05) is 29.2 Å². The second-order valence-electron chi connectivity index (χ2n) is 8.19. The molecule has 1 aliphatic heterocycles. The number of rotatable bonds is 9. The lowest BCUT2D eigenvalue weighted by atomic mass is 10.2. The Morgan fingerprint density at radius 2 is 1.45 bits per heavy atom. The zero-order valence-electron chi connectivity index (χ0n) is 18.5. The summed E-state index contributed by atoms with van der Waals surface area (Å²) in [5.41, 5.74) is 0.547. The van der Waals surface area contributed by atoms with Crippen LogP contribution in [0.4, 0.5) is 5.69 Å². The Balaban J connectivity index is 1.38. The van der Waals surface area contributed by atoms with Crippen LogP contribution in [0.3, 0.4) is 0 Å². The van der Waals surface area contributed by atoms with Gasteiger partial charge in [0.05, 0.1) is 37.1 Å². The average molecular weight is 472 g/mol. The molecular formula is C24H29N3O5S. The Morgan fingerprint density at radius 3 is 1.97 bits per heavy atom. The Labute approximate surface area is 194 Å². The van der Waals surface area contributed by atoms with Gasteiger partial charge in [-0.3, -0.25) is 9.69 Å². The van der Waals surface area contributed by atoms with Gasteiger partial charge in [0.25, 0.3) is 0 Å². The van der Waals surface area contributed by atoms with E-state index >= 15 is 0 Å². The Morgan fingerprint density at radius 1 is 0.879 bits per heavy atom. The van der Waals surface area contributed by atoms with Crippen LogP contribution in [0.25, 0.3) is 0 Å². The number of benzene rings is 1. The van der Waals surface area contributed by atoms with Crippen molar-refractivity contribution in [3.05, 3.63) is 72.6 Å². The minimum atomic E-state index is -3.52. The van der Waals surface area contributed by atoms with Crippen LogP contribution in [0, 0.1) is 0 Å². The standard InChI is InChI=1S/C24H29N3O5S/c28-24(19-26(17-21-7-5-15-31-21)18-22-8-6-16-32-22)25-20-9-11-23(12-10-20)33(29,30)27-13-3-1-2-4-14-27/h5-12,15-16H,1-4,13-14,17-19H2,(H,25,28). The fourth-order valence-corrected chi connectivity index (χ4v) is 5.48. The van der Waals surface area contributed by atoms with E-state index in [-0.39, 0.29) is 17.3 Å². The number of nitrogens with one attached hydrogen (secondary N) is 1. The smallest absolute Gasteiger partial charge is 0.243 e. The van der Waals surface area contributed by atoms with Crippen molar-refractivity contribution in [2.24, 2.45) is 0 Å². The molecule has 2 aromatic heterocycles. The van der Waals surface area contributed by atoms with Gasteiger partial charge >= 0.3 is 0 Å². The molecule has 0 unspecified atom stereocenters. The monoisotopic (exact) mass is 471 g/mol. The molecule has 8 nitrogen and oxygen atoms in total. The van der Waals surface area contributed by atoms with E-state index in [0.29, 0.717) is 31.9 Å². The van der Waals surface area contributed by atoms with Crippen molar-refractivity contribution in [1.82, 2.24) is 9.21 Å². The number of anilines is 1. The van der Waals surface area contributed by atoms with Gasteiger partial charge in [-0.15, -0.1) is 0 Å².